The molecule has 4 nitrogen and oxygen atoms in total. The van der Waals surface area contributed by atoms with E-state index in [2.05, 4.69) is 0 Å². The largest absolute Gasteiger partial charge is 0.481 e. The first kappa shape index (κ1) is 12.4. The fraction of sp³-hybridized carbons (Fsp3) is 0.889. The molecular weight excluding hydrogens is 172 g/mol. The zero-order chi connectivity index (χ0) is 10.3. The number of carboxylic acids is 1. The Hall–Kier alpha value is -0.610. The monoisotopic (exact) mass is 190 g/mol. The van der Waals surface area contributed by atoms with E-state index in [1.807, 2.05) is 13.8 Å². The van der Waals surface area contributed by atoms with Gasteiger partial charge >= 0.3 is 5.97 Å². The zero-order valence-electron chi connectivity index (χ0n) is 8.45. The number of carboxylic acid groups (broad SMARTS) is 1. The van der Waals surface area contributed by atoms with Crippen LogP contribution in [0.1, 0.15) is 27.2 Å². The molecule has 0 spiro atoms. The number of aliphatic carboxylic acids is 1. The summed E-state index contributed by atoms with van der Waals surface area (Å²) in [6.07, 6.45) is -0.00607. The van der Waals surface area contributed by atoms with E-state index in [1.54, 1.807) is 6.92 Å². The minimum absolute atomic E-state index is 0.0433. The van der Waals surface area contributed by atoms with Crippen molar-refractivity contribution in [3.8, 4) is 0 Å². The van der Waals surface area contributed by atoms with Crippen LogP contribution < -0.4 is 0 Å². The molecule has 0 aromatic heterocycles. The first-order valence-corrected chi connectivity index (χ1v) is 4.47. The Labute approximate surface area is 78.8 Å². The molecule has 0 bridgehead atoms. The molecule has 0 saturated carbocycles. The molecule has 0 aliphatic carbocycles. The van der Waals surface area contributed by atoms with E-state index in [0.717, 1.165) is 0 Å². The van der Waals surface area contributed by atoms with Crippen molar-refractivity contribution in [3.63, 3.8) is 0 Å². The van der Waals surface area contributed by atoms with Gasteiger partial charge in [-0.15, -0.1) is 0 Å². The van der Waals surface area contributed by atoms with Crippen molar-refractivity contribution in [2.24, 2.45) is 0 Å². The molecule has 0 unspecified atom stereocenters. The summed E-state index contributed by atoms with van der Waals surface area (Å²) < 4.78 is 10.4. The van der Waals surface area contributed by atoms with Crippen LogP contribution in [0.15, 0.2) is 0 Å². The van der Waals surface area contributed by atoms with E-state index in [-0.39, 0.29) is 18.6 Å². The average Bonchev–Trinajstić information content (AvgIpc) is 1.96. The normalized spacial score (nSPS) is 13.2. The molecule has 78 valence electrons. The summed E-state index contributed by atoms with van der Waals surface area (Å²) in [6, 6.07) is 0. The number of rotatable bonds is 7. The van der Waals surface area contributed by atoms with Gasteiger partial charge in [-0.3, -0.25) is 4.79 Å². The van der Waals surface area contributed by atoms with Crippen LogP contribution in [0.25, 0.3) is 0 Å². The van der Waals surface area contributed by atoms with E-state index >= 15 is 0 Å². The van der Waals surface area contributed by atoms with Gasteiger partial charge in [-0.05, 0) is 20.8 Å². The summed E-state index contributed by atoms with van der Waals surface area (Å²) in [5.41, 5.74) is 0. The van der Waals surface area contributed by atoms with Crippen LogP contribution in [0.2, 0.25) is 0 Å². The molecule has 0 amide bonds. The predicted molar refractivity (Wildman–Crippen MR) is 48.8 cm³/mol. The Bertz CT molecular complexity index is 145. The molecule has 0 fully saturated rings. The van der Waals surface area contributed by atoms with Crippen molar-refractivity contribution in [2.75, 3.05) is 13.2 Å². The number of ether oxygens (including phenoxy) is 2. The van der Waals surface area contributed by atoms with Crippen molar-refractivity contribution in [1.82, 2.24) is 0 Å². The summed E-state index contributed by atoms with van der Waals surface area (Å²) in [7, 11) is 0. The Morgan fingerprint density at radius 2 is 1.77 bits per heavy atom. The van der Waals surface area contributed by atoms with Gasteiger partial charge in [0.1, 0.15) is 0 Å². The van der Waals surface area contributed by atoms with E-state index in [9.17, 15) is 4.79 Å². The maximum atomic E-state index is 10.2. The van der Waals surface area contributed by atoms with Gasteiger partial charge in [-0.2, -0.15) is 0 Å². The second kappa shape index (κ2) is 6.86. The van der Waals surface area contributed by atoms with Gasteiger partial charge in [-0.1, -0.05) is 0 Å². The lowest BCUT2D eigenvalue weighted by Crippen LogP contribution is -2.17. The summed E-state index contributed by atoms with van der Waals surface area (Å²) in [5, 5.41) is 8.42. The van der Waals surface area contributed by atoms with Crippen LogP contribution in [0.3, 0.4) is 0 Å². The molecule has 0 rings (SSSR count). The maximum Gasteiger partial charge on any atom is 0.305 e. The Kier molecular flexibility index (Phi) is 6.54. The molecule has 1 atom stereocenters. The summed E-state index contributed by atoms with van der Waals surface area (Å²) in [6.45, 7) is 6.60. The van der Waals surface area contributed by atoms with E-state index in [0.29, 0.717) is 13.2 Å². The lowest BCUT2D eigenvalue weighted by molar-refractivity contribution is -0.140. The highest BCUT2D eigenvalue weighted by Crippen LogP contribution is 1.97. The predicted octanol–water partition coefficient (Wildman–Crippen LogP) is 1.29. The van der Waals surface area contributed by atoms with Crippen molar-refractivity contribution < 1.29 is 19.4 Å². The van der Waals surface area contributed by atoms with Gasteiger partial charge in [0.25, 0.3) is 0 Å². The number of carbonyl (C=O) groups is 1. The first-order chi connectivity index (χ1) is 6.02. The van der Waals surface area contributed by atoms with Crippen molar-refractivity contribution in [1.29, 1.82) is 0 Å². The minimum atomic E-state index is -0.836. The van der Waals surface area contributed by atoms with Crippen molar-refractivity contribution in [3.05, 3.63) is 0 Å². The van der Waals surface area contributed by atoms with E-state index in [4.69, 9.17) is 14.6 Å². The molecule has 1 N–H and O–H groups in total. The molecule has 13 heavy (non-hydrogen) atoms. The van der Waals surface area contributed by atoms with Gasteiger partial charge < -0.3 is 14.6 Å². The van der Waals surface area contributed by atoms with Gasteiger partial charge in [-0.25, -0.2) is 0 Å². The number of hydrogen-bond donors (Lipinski definition) is 1. The molecule has 0 saturated heterocycles. The average molecular weight is 190 g/mol. The molecule has 0 aliphatic heterocycles. The van der Waals surface area contributed by atoms with Crippen LogP contribution >= 0.6 is 0 Å². The lowest BCUT2D eigenvalue weighted by atomic mass is 10.3. The first-order valence-electron chi connectivity index (χ1n) is 4.47. The van der Waals surface area contributed by atoms with Crippen LogP contribution in [0.5, 0.6) is 0 Å². The highest BCUT2D eigenvalue weighted by Gasteiger charge is 2.07. The molecule has 0 heterocycles. The SMILES string of the molecule is CC(C)OCCO[C@@H](C)CC(=O)O. The topological polar surface area (TPSA) is 55.8 Å². The second-order valence-electron chi connectivity index (χ2n) is 3.20. The fourth-order valence-electron chi connectivity index (χ4n) is 0.838. The van der Waals surface area contributed by atoms with Crippen LogP contribution in [-0.2, 0) is 14.3 Å². The molecule has 0 aromatic rings. The fourth-order valence-corrected chi connectivity index (χ4v) is 0.838. The summed E-state index contributed by atoms with van der Waals surface area (Å²) >= 11 is 0. The number of hydrogen-bond acceptors (Lipinski definition) is 3. The van der Waals surface area contributed by atoms with E-state index in [1.165, 1.54) is 0 Å². The third kappa shape index (κ3) is 9.30. The third-order valence-electron chi connectivity index (χ3n) is 1.40. The minimum Gasteiger partial charge on any atom is -0.481 e. The van der Waals surface area contributed by atoms with Gasteiger partial charge in [0.05, 0.1) is 31.8 Å². The third-order valence-corrected chi connectivity index (χ3v) is 1.40. The second-order valence-corrected chi connectivity index (χ2v) is 3.20. The standard InChI is InChI=1S/C9H18O4/c1-7(2)12-4-5-13-8(3)6-9(10)11/h7-8H,4-6H2,1-3H3,(H,10,11)/t8-/m0/s1. The molecule has 0 radical (unpaired) electrons. The molecule has 0 aromatic carbocycles. The Morgan fingerprint density at radius 1 is 1.23 bits per heavy atom. The highest BCUT2D eigenvalue weighted by atomic mass is 16.5. The van der Waals surface area contributed by atoms with Gasteiger partial charge in [0.15, 0.2) is 0 Å². The summed E-state index contributed by atoms with van der Waals surface area (Å²) in [5.74, 6) is -0.836. The highest BCUT2D eigenvalue weighted by molar-refractivity contribution is 5.67. The van der Waals surface area contributed by atoms with Crippen LogP contribution in [-0.4, -0.2) is 36.5 Å². The van der Waals surface area contributed by atoms with E-state index < -0.39 is 5.97 Å². The van der Waals surface area contributed by atoms with Crippen LogP contribution in [0, 0.1) is 0 Å². The smallest absolute Gasteiger partial charge is 0.305 e. The molecule has 0 aliphatic rings. The van der Waals surface area contributed by atoms with Gasteiger partial charge in [0.2, 0.25) is 0 Å². The van der Waals surface area contributed by atoms with Crippen molar-refractivity contribution in [2.45, 2.75) is 39.4 Å². The Balaban J connectivity index is 3.26. The summed E-state index contributed by atoms with van der Waals surface area (Å²) in [4.78, 5) is 10.2. The quantitative estimate of drug-likeness (QED) is 0.614. The lowest BCUT2D eigenvalue weighted by Gasteiger charge is -2.12. The molecular formula is C9H18O4. The maximum absolute atomic E-state index is 10.2. The Morgan fingerprint density at radius 3 is 2.23 bits per heavy atom. The zero-order valence-corrected chi connectivity index (χ0v) is 8.45. The van der Waals surface area contributed by atoms with Gasteiger partial charge in [0, 0.05) is 0 Å². The van der Waals surface area contributed by atoms with Crippen molar-refractivity contribution >= 4 is 5.97 Å². The molecule has 4 heteroatoms. The van der Waals surface area contributed by atoms with Crippen LogP contribution in [0.4, 0.5) is 0 Å².